The van der Waals surface area contributed by atoms with E-state index in [0.29, 0.717) is 0 Å². The van der Waals surface area contributed by atoms with Crippen LogP contribution in [0.3, 0.4) is 0 Å². The fourth-order valence-electron chi connectivity index (χ4n) is 3.91. The summed E-state index contributed by atoms with van der Waals surface area (Å²) in [5, 5.41) is 0. The molecule has 0 saturated heterocycles. The summed E-state index contributed by atoms with van der Waals surface area (Å²) in [4.78, 5) is 0. The van der Waals surface area contributed by atoms with E-state index in [-0.39, 0.29) is 0 Å². The lowest BCUT2D eigenvalue weighted by Crippen LogP contribution is -1.83. The van der Waals surface area contributed by atoms with Crippen LogP contribution in [0.25, 0.3) is 0 Å². The van der Waals surface area contributed by atoms with E-state index in [1.807, 2.05) is 0 Å². The number of allylic oxidation sites excluding steroid dienone is 2. The number of rotatable bonds is 23. The van der Waals surface area contributed by atoms with Gasteiger partial charge in [0.2, 0.25) is 0 Å². The van der Waals surface area contributed by atoms with Gasteiger partial charge in [0, 0.05) is 0 Å². The zero-order valence-corrected chi connectivity index (χ0v) is 19.4. The quantitative estimate of drug-likeness (QED) is 0.122. The largest absolute Gasteiger partial charge is 0.0885 e. The third kappa shape index (κ3) is 25.7. The van der Waals surface area contributed by atoms with Crippen LogP contribution >= 0.6 is 0 Å². The molecule has 0 unspecified atom stereocenters. The minimum absolute atomic E-state index is 1.30. The van der Waals surface area contributed by atoms with E-state index >= 15 is 0 Å². The van der Waals surface area contributed by atoms with Crippen LogP contribution in [0, 0.1) is 0 Å². The molecule has 0 amide bonds. The maximum Gasteiger partial charge on any atom is -0.0351 e. The van der Waals surface area contributed by atoms with E-state index in [0.717, 1.165) is 0 Å². The topological polar surface area (TPSA) is 0 Å². The number of unbranched alkanes of at least 4 members (excludes halogenated alkanes) is 21. The molecule has 0 nitrogen and oxygen atoms in total. The van der Waals surface area contributed by atoms with Crippen LogP contribution in [0.15, 0.2) is 12.2 Å². The summed E-state index contributed by atoms with van der Waals surface area (Å²) in [6.07, 6.45) is 37.9. The van der Waals surface area contributed by atoms with Crippen LogP contribution in [0.1, 0.15) is 162 Å². The molecule has 0 N–H and O–H groups in total. The van der Waals surface area contributed by atoms with Crippen LogP contribution in [0.5, 0.6) is 0 Å². The van der Waals surface area contributed by atoms with Gasteiger partial charge in [-0.3, -0.25) is 0 Å². The molecule has 0 aromatic rings. The molecule has 0 radical (unpaired) electrons. The highest BCUT2D eigenvalue weighted by molar-refractivity contribution is 4.81. The second-order valence-corrected chi connectivity index (χ2v) is 8.77. The van der Waals surface area contributed by atoms with Gasteiger partial charge in [-0.05, 0) is 25.7 Å². The Morgan fingerprint density at radius 3 is 0.815 bits per heavy atom. The summed E-state index contributed by atoms with van der Waals surface area (Å²) in [5.41, 5.74) is 0. The molecule has 0 aromatic heterocycles. The Hall–Kier alpha value is -0.260. The highest BCUT2D eigenvalue weighted by Gasteiger charge is 1.94. The Labute approximate surface area is 174 Å². The molecule has 0 aliphatic heterocycles. The van der Waals surface area contributed by atoms with Crippen molar-refractivity contribution in [2.24, 2.45) is 0 Å². The molecule has 0 bridgehead atoms. The smallest absolute Gasteiger partial charge is 0.0351 e. The van der Waals surface area contributed by atoms with Crippen molar-refractivity contribution >= 4 is 0 Å². The molecular formula is C27H54. The van der Waals surface area contributed by atoms with Crippen molar-refractivity contribution in [1.82, 2.24) is 0 Å². The van der Waals surface area contributed by atoms with Gasteiger partial charge in [0.15, 0.2) is 0 Å². The summed E-state index contributed by atoms with van der Waals surface area (Å²) < 4.78 is 0. The summed E-state index contributed by atoms with van der Waals surface area (Å²) in [6, 6.07) is 0. The van der Waals surface area contributed by atoms with Gasteiger partial charge in [-0.2, -0.15) is 0 Å². The van der Waals surface area contributed by atoms with Crippen molar-refractivity contribution in [1.29, 1.82) is 0 Å². The molecule has 0 rings (SSSR count). The summed E-state index contributed by atoms with van der Waals surface area (Å²) in [6.45, 7) is 4.59. The van der Waals surface area contributed by atoms with Gasteiger partial charge in [0.25, 0.3) is 0 Å². The molecule has 162 valence electrons. The predicted molar refractivity (Wildman–Crippen MR) is 127 cm³/mol. The van der Waals surface area contributed by atoms with Crippen LogP contribution in [0.2, 0.25) is 0 Å². The molecule has 0 spiro atoms. The van der Waals surface area contributed by atoms with Gasteiger partial charge in [-0.25, -0.2) is 0 Å². The molecular weight excluding hydrogens is 324 g/mol. The lowest BCUT2D eigenvalue weighted by molar-refractivity contribution is 0.527. The lowest BCUT2D eigenvalue weighted by Gasteiger charge is -2.03. The minimum atomic E-state index is 1.30. The Morgan fingerprint density at radius 2 is 0.519 bits per heavy atom. The van der Waals surface area contributed by atoms with Crippen LogP contribution in [-0.4, -0.2) is 0 Å². The van der Waals surface area contributed by atoms with Crippen LogP contribution in [-0.2, 0) is 0 Å². The average molecular weight is 379 g/mol. The van der Waals surface area contributed by atoms with Crippen molar-refractivity contribution in [2.45, 2.75) is 162 Å². The van der Waals surface area contributed by atoms with Crippen molar-refractivity contribution in [3.8, 4) is 0 Å². The van der Waals surface area contributed by atoms with E-state index < -0.39 is 0 Å². The van der Waals surface area contributed by atoms with Gasteiger partial charge in [-0.15, -0.1) is 0 Å². The third-order valence-electron chi connectivity index (χ3n) is 5.87. The third-order valence-corrected chi connectivity index (χ3v) is 5.87. The molecule has 0 aliphatic rings. The fourth-order valence-corrected chi connectivity index (χ4v) is 3.91. The van der Waals surface area contributed by atoms with Gasteiger partial charge >= 0.3 is 0 Å². The van der Waals surface area contributed by atoms with Gasteiger partial charge in [0.05, 0.1) is 0 Å². The normalized spacial score (nSPS) is 11.6. The maximum atomic E-state index is 2.43. The zero-order valence-electron chi connectivity index (χ0n) is 19.4. The van der Waals surface area contributed by atoms with Gasteiger partial charge in [-0.1, -0.05) is 148 Å². The Balaban J connectivity index is 3.02. The first-order chi connectivity index (χ1) is 13.4. The van der Waals surface area contributed by atoms with E-state index in [9.17, 15) is 0 Å². The highest BCUT2D eigenvalue weighted by Crippen LogP contribution is 2.14. The van der Waals surface area contributed by atoms with Gasteiger partial charge < -0.3 is 0 Å². The second kappa shape index (κ2) is 25.7. The van der Waals surface area contributed by atoms with Crippen LogP contribution in [0.4, 0.5) is 0 Å². The lowest BCUT2D eigenvalue weighted by atomic mass is 10.0. The maximum absolute atomic E-state index is 2.43. The first-order valence-electron chi connectivity index (χ1n) is 13.1. The van der Waals surface area contributed by atoms with Crippen molar-refractivity contribution in [3.05, 3.63) is 12.2 Å². The van der Waals surface area contributed by atoms with E-state index in [2.05, 4.69) is 26.0 Å². The Kier molecular flexibility index (Phi) is 25.5. The second-order valence-electron chi connectivity index (χ2n) is 8.77. The molecule has 27 heavy (non-hydrogen) atoms. The van der Waals surface area contributed by atoms with Crippen molar-refractivity contribution < 1.29 is 0 Å². The first kappa shape index (κ1) is 26.7. The standard InChI is InChI=1S/C27H54/c1-3-5-7-9-11-13-15-17-19-21-23-25-27-26-24-22-20-18-16-14-12-10-8-6-4-2/h13,15H,3-12,14,16-27H2,1-2H3/b15-13+. The van der Waals surface area contributed by atoms with E-state index in [1.54, 1.807) is 0 Å². The molecule has 0 saturated carbocycles. The number of hydrogen-bond acceptors (Lipinski definition) is 0. The molecule has 0 heterocycles. The minimum Gasteiger partial charge on any atom is -0.0885 e. The highest BCUT2D eigenvalue weighted by atomic mass is 14.0. The number of hydrogen-bond donors (Lipinski definition) is 0. The molecule has 0 aromatic carbocycles. The van der Waals surface area contributed by atoms with Gasteiger partial charge in [0.1, 0.15) is 0 Å². The van der Waals surface area contributed by atoms with Crippen molar-refractivity contribution in [3.63, 3.8) is 0 Å². The fraction of sp³-hybridized carbons (Fsp3) is 0.926. The summed E-state index contributed by atoms with van der Waals surface area (Å²) >= 11 is 0. The SMILES string of the molecule is CCCCCC/C=C/CCCCCCCCCCCCCCCCCCC. The van der Waals surface area contributed by atoms with E-state index in [1.165, 1.54) is 148 Å². The summed E-state index contributed by atoms with van der Waals surface area (Å²) in [7, 11) is 0. The Bertz CT molecular complexity index is 265. The zero-order chi connectivity index (χ0) is 19.7. The molecule has 0 atom stereocenters. The molecule has 0 aliphatic carbocycles. The Morgan fingerprint density at radius 1 is 0.296 bits per heavy atom. The van der Waals surface area contributed by atoms with E-state index in [4.69, 9.17) is 0 Å². The molecule has 0 heteroatoms. The predicted octanol–water partition coefficient (Wildman–Crippen LogP) is 10.6. The first-order valence-corrected chi connectivity index (χ1v) is 13.1. The monoisotopic (exact) mass is 378 g/mol. The average Bonchev–Trinajstić information content (AvgIpc) is 2.68. The van der Waals surface area contributed by atoms with Crippen LogP contribution < -0.4 is 0 Å². The van der Waals surface area contributed by atoms with Crippen molar-refractivity contribution in [2.75, 3.05) is 0 Å². The molecule has 0 fully saturated rings. The summed E-state index contributed by atoms with van der Waals surface area (Å²) in [5.74, 6) is 0.